The van der Waals surface area contributed by atoms with Gasteiger partial charge in [0.2, 0.25) is 0 Å². The molecule has 3 fully saturated rings. The molecule has 1 aromatic carbocycles. The topological polar surface area (TPSA) is 44.4 Å². The number of nitrogens with zero attached hydrogens (tertiary/aromatic N) is 1. The van der Waals surface area contributed by atoms with E-state index in [1.54, 1.807) is 0 Å². The second kappa shape index (κ2) is 10.5. The third kappa shape index (κ3) is 5.26. The van der Waals surface area contributed by atoms with E-state index in [4.69, 9.17) is 0 Å². The summed E-state index contributed by atoms with van der Waals surface area (Å²) in [7, 11) is 4.07. The van der Waals surface area contributed by atoms with Gasteiger partial charge in [-0.3, -0.25) is 0 Å². The molecule has 4 rings (SSSR count). The fraction of sp³-hybridized carbons (Fsp3) is 0.750. The molecule has 32 heavy (non-hydrogen) atoms. The zero-order chi connectivity index (χ0) is 22.6. The van der Waals surface area contributed by atoms with E-state index < -0.39 is 0 Å². The predicted octanol–water partition coefficient (Wildman–Crippen LogP) is 7.21. The number of anilines is 2. The first-order valence-corrected chi connectivity index (χ1v) is 13.3. The largest absolute Gasteiger partial charge is 0.378 e. The van der Waals surface area contributed by atoms with Crippen molar-refractivity contribution in [3.05, 3.63) is 24.3 Å². The molecule has 0 bridgehead atoms. The van der Waals surface area contributed by atoms with Gasteiger partial charge in [0.25, 0.3) is 0 Å². The Labute approximate surface area is 195 Å². The molecule has 3 atom stereocenters. The monoisotopic (exact) mass is 439 g/mol. The molecule has 0 aromatic heterocycles. The van der Waals surface area contributed by atoms with Crippen molar-refractivity contribution in [3.8, 4) is 0 Å². The molecule has 1 aromatic rings. The fourth-order valence-corrected chi connectivity index (χ4v) is 7.24. The number of nitrogens with one attached hydrogen (secondary N) is 2. The van der Waals surface area contributed by atoms with Crippen molar-refractivity contribution in [1.82, 2.24) is 5.32 Å². The molecule has 3 aliphatic carbocycles. The molecule has 3 aliphatic rings. The summed E-state index contributed by atoms with van der Waals surface area (Å²) < 4.78 is 0. The first-order valence-electron chi connectivity index (χ1n) is 13.3. The van der Waals surface area contributed by atoms with Crippen molar-refractivity contribution in [2.45, 2.75) is 96.4 Å². The van der Waals surface area contributed by atoms with Gasteiger partial charge in [-0.25, -0.2) is 4.79 Å². The molecule has 4 nitrogen and oxygen atoms in total. The minimum atomic E-state index is -0.0163. The number of urea groups is 1. The van der Waals surface area contributed by atoms with Crippen molar-refractivity contribution in [3.63, 3.8) is 0 Å². The normalized spacial score (nSPS) is 30.0. The number of amides is 2. The van der Waals surface area contributed by atoms with Crippen LogP contribution in [0.1, 0.15) is 90.4 Å². The Balaban J connectivity index is 1.52. The summed E-state index contributed by atoms with van der Waals surface area (Å²) in [5, 5.41) is 6.73. The van der Waals surface area contributed by atoms with E-state index >= 15 is 0 Å². The van der Waals surface area contributed by atoms with Gasteiger partial charge in [0, 0.05) is 31.5 Å². The van der Waals surface area contributed by atoms with Gasteiger partial charge in [-0.2, -0.15) is 0 Å². The minimum Gasteiger partial charge on any atom is -0.378 e. The molecule has 0 spiro atoms. The summed E-state index contributed by atoms with van der Waals surface area (Å²) in [6.07, 6.45) is 17.6. The molecule has 4 heteroatoms. The van der Waals surface area contributed by atoms with Crippen LogP contribution in [0.25, 0.3) is 0 Å². The third-order valence-electron chi connectivity index (χ3n) is 9.11. The number of rotatable bonds is 5. The quantitative estimate of drug-likeness (QED) is 0.509. The van der Waals surface area contributed by atoms with Crippen LogP contribution in [0.4, 0.5) is 16.2 Å². The highest BCUT2D eigenvalue weighted by molar-refractivity contribution is 5.89. The highest BCUT2D eigenvalue weighted by atomic mass is 16.2. The van der Waals surface area contributed by atoms with E-state index in [0.717, 1.165) is 23.2 Å². The van der Waals surface area contributed by atoms with E-state index in [9.17, 15) is 4.79 Å². The summed E-state index contributed by atoms with van der Waals surface area (Å²) in [6, 6.07) is 8.42. The van der Waals surface area contributed by atoms with Gasteiger partial charge in [0.05, 0.1) is 0 Å². The van der Waals surface area contributed by atoms with Crippen LogP contribution in [-0.2, 0) is 0 Å². The third-order valence-corrected chi connectivity index (χ3v) is 9.11. The highest BCUT2D eigenvalue weighted by Crippen LogP contribution is 2.52. The Morgan fingerprint density at radius 3 is 2.12 bits per heavy atom. The van der Waals surface area contributed by atoms with E-state index in [1.165, 1.54) is 83.5 Å². The van der Waals surface area contributed by atoms with Crippen LogP contribution in [-0.4, -0.2) is 26.2 Å². The maximum Gasteiger partial charge on any atom is 0.319 e. The smallest absolute Gasteiger partial charge is 0.319 e. The van der Waals surface area contributed by atoms with Gasteiger partial charge in [-0.15, -0.1) is 0 Å². The van der Waals surface area contributed by atoms with Gasteiger partial charge in [0.1, 0.15) is 0 Å². The van der Waals surface area contributed by atoms with E-state index in [1.807, 2.05) is 26.2 Å². The molecule has 2 amide bonds. The molecule has 0 heterocycles. The SMILES string of the molecule is CN(C)c1ccc(NC(=O)N[C@H]2[C@@H](C3CCCCC3)CCCC2(C)C2CCCCC2)cc1. The predicted molar refractivity (Wildman–Crippen MR) is 135 cm³/mol. The zero-order valence-electron chi connectivity index (χ0n) is 20.7. The first kappa shape index (κ1) is 23.4. The van der Waals surface area contributed by atoms with Crippen LogP contribution in [0.3, 0.4) is 0 Å². The lowest BCUT2D eigenvalue weighted by Gasteiger charge is -2.54. The van der Waals surface area contributed by atoms with Crippen molar-refractivity contribution < 1.29 is 4.79 Å². The van der Waals surface area contributed by atoms with Gasteiger partial charge >= 0.3 is 6.03 Å². The number of hydrogen-bond donors (Lipinski definition) is 2. The van der Waals surface area contributed by atoms with Gasteiger partial charge < -0.3 is 15.5 Å². The van der Waals surface area contributed by atoms with Crippen LogP contribution in [0.2, 0.25) is 0 Å². The Hall–Kier alpha value is -1.71. The molecular formula is C28H45N3O. The number of benzene rings is 1. The Morgan fingerprint density at radius 1 is 0.875 bits per heavy atom. The molecule has 178 valence electrons. The molecule has 1 unspecified atom stereocenters. The van der Waals surface area contributed by atoms with Crippen LogP contribution >= 0.6 is 0 Å². The Morgan fingerprint density at radius 2 is 1.50 bits per heavy atom. The van der Waals surface area contributed by atoms with Crippen LogP contribution in [0.15, 0.2) is 24.3 Å². The fourth-order valence-electron chi connectivity index (χ4n) is 7.24. The summed E-state index contributed by atoms with van der Waals surface area (Å²) in [5.41, 5.74) is 2.25. The lowest BCUT2D eigenvalue weighted by atomic mass is 9.55. The maximum atomic E-state index is 13.3. The summed E-state index contributed by atoms with van der Waals surface area (Å²) in [4.78, 5) is 15.3. The Bertz CT molecular complexity index is 734. The molecule has 0 radical (unpaired) electrons. The summed E-state index contributed by atoms with van der Waals surface area (Å²) >= 11 is 0. The van der Waals surface area contributed by atoms with Crippen LogP contribution in [0, 0.1) is 23.2 Å². The lowest BCUT2D eigenvalue weighted by Crippen LogP contribution is -2.58. The Kier molecular flexibility index (Phi) is 7.68. The van der Waals surface area contributed by atoms with Gasteiger partial charge in [-0.05, 0) is 73.1 Å². The molecule has 0 aliphatic heterocycles. The summed E-state index contributed by atoms with van der Waals surface area (Å²) in [6.45, 7) is 2.52. The zero-order valence-corrected chi connectivity index (χ0v) is 20.7. The second-order valence-electron chi connectivity index (χ2n) is 11.3. The standard InChI is InChI=1S/C28H45N3O/c1-28(22-13-8-5-9-14-22)20-10-15-25(21-11-6-4-7-12-21)26(28)30-27(32)29-23-16-18-24(19-17-23)31(2)3/h16-19,21-22,25-26H,4-15,20H2,1-3H3,(H2,29,30,32)/t25-,26+,28?/m1/s1. The lowest BCUT2D eigenvalue weighted by molar-refractivity contribution is -0.00471. The summed E-state index contributed by atoms with van der Waals surface area (Å²) in [5.74, 6) is 2.18. The van der Waals surface area contributed by atoms with Crippen LogP contribution < -0.4 is 15.5 Å². The maximum absolute atomic E-state index is 13.3. The van der Waals surface area contributed by atoms with Crippen molar-refractivity contribution in [2.24, 2.45) is 23.2 Å². The number of carbonyl (C=O) groups is 1. The van der Waals surface area contributed by atoms with Gasteiger partial charge in [-0.1, -0.05) is 64.7 Å². The average Bonchev–Trinajstić information content (AvgIpc) is 2.82. The van der Waals surface area contributed by atoms with E-state index in [2.05, 4.69) is 34.6 Å². The van der Waals surface area contributed by atoms with Crippen molar-refractivity contribution >= 4 is 17.4 Å². The van der Waals surface area contributed by atoms with E-state index in [0.29, 0.717) is 12.0 Å². The van der Waals surface area contributed by atoms with Crippen molar-refractivity contribution in [2.75, 3.05) is 24.3 Å². The molecule has 0 saturated heterocycles. The molecule has 2 N–H and O–H groups in total. The van der Waals surface area contributed by atoms with Gasteiger partial charge in [0.15, 0.2) is 0 Å². The van der Waals surface area contributed by atoms with E-state index in [-0.39, 0.29) is 11.4 Å². The highest BCUT2D eigenvalue weighted by Gasteiger charge is 2.49. The average molecular weight is 440 g/mol. The van der Waals surface area contributed by atoms with Crippen LogP contribution in [0.5, 0.6) is 0 Å². The second-order valence-corrected chi connectivity index (χ2v) is 11.3. The number of carbonyl (C=O) groups excluding carboxylic acids is 1. The minimum absolute atomic E-state index is 0.0163. The molecular weight excluding hydrogens is 394 g/mol. The first-order chi connectivity index (χ1) is 15.5. The number of hydrogen-bond acceptors (Lipinski definition) is 2. The molecule has 3 saturated carbocycles. The van der Waals surface area contributed by atoms with Crippen molar-refractivity contribution in [1.29, 1.82) is 0 Å².